The first-order valence-electron chi connectivity index (χ1n) is 3.23. The number of carbonyl (C=O) groups excluding carboxylic acids is 1. The molecule has 0 radical (unpaired) electrons. The minimum absolute atomic E-state index is 0.305. The lowest BCUT2D eigenvalue weighted by molar-refractivity contribution is -0.134. The second kappa shape index (κ2) is 3.07. The number of carbonyl (C=O) groups is 1. The van der Waals surface area contributed by atoms with Gasteiger partial charge in [0.15, 0.2) is 0 Å². The predicted octanol–water partition coefficient (Wildman–Crippen LogP) is 1.05. The quantitative estimate of drug-likeness (QED) is 0.379. The molecule has 0 bridgehead atoms. The normalized spacial score (nSPS) is 14.6. The summed E-state index contributed by atoms with van der Waals surface area (Å²) in [6.07, 6.45) is 1.40. The fourth-order valence-electron chi connectivity index (χ4n) is 0.634. The molecule has 2 heteroatoms. The molecule has 1 aliphatic rings. The van der Waals surface area contributed by atoms with E-state index in [0.717, 1.165) is 11.1 Å². The van der Waals surface area contributed by atoms with E-state index in [0.29, 0.717) is 6.61 Å². The smallest absolute Gasteiger partial charge is 0.332 e. The summed E-state index contributed by atoms with van der Waals surface area (Å²) < 4.78 is 4.63. The SMILES string of the molecule is C=C(C)C#CC1=CC(=O)OC1. The van der Waals surface area contributed by atoms with E-state index in [1.165, 1.54) is 6.08 Å². The topological polar surface area (TPSA) is 26.3 Å². The Balaban J connectivity index is 2.66. The molecule has 56 valence electrons. The molecular weight excluding hydrogens is 140 g/mol. The molecule has 1 rings (SSSR count). The first-order valence-corrected chi connectivity index (χ1v) is 3.23. The number of esters is 1. The summed E-state index contributed by atoms with van der Waals surface area (Å²) >= 11 is 0. The fraction of sp³-hybridized carbons (Fsp3) is 0.222. The summed E-state index contributed by atoms with van der Waals surface area (Å²) in [5.41, 5.74) is 1.50. The third-order valence-electron chi connectivity index (χ3n) is 1.10. The molecule has 1 aliphatic heterocycles. The Labute approximate surface area is 65.5 Å². The molecule has 0 aromatic rings. The van der Waals surface area contributed by atoms with Crippen molar-refractivity contribution in [1.82, 2.24) is 0 Å². The molecule has 0 amide bonds. The molecule has 0 unspecified atom stereocenters. The standard InChI is InChI=1S/C9H8O2/c1-7(2)3-4-8-5-9(10)11-6-8/h5H,1,6H2,2H3. The maximum Gasteiger partial charge on any atom is 0.332 e. The molecule has 0 fully saturated rings. The summed E-state index contributed by atoms with van der Waals surface area (Å²) in [6, 6.07) is 0. The first kappa shape index (κ1) is 7.62. The van der Waals surface area contributed by atoms with Crippen molar-refractivity contribution < 1.29 is 9.53 Å². The average molecular weight is 148 g/mol. The number of allylic oxidation sites excluding steroid dienone is 1. The molecule has 2 nitrogen and oxygen atoms in total. The van der Waals surface area contributed by atoms with Crippen molar-refractivity contribution in [2.24, 2.45) is 0 Å². The maximum atomic E-state index is 10.5. The monoisotopic (exact) mass is 148 g/mol. The van der Waals surface area contributed by atoms with Crippen molar-refractivity contribution in [3.05, 3.63) is 23.8 Å². The number of rotatable bonds is 0. The van der Waals surface area contributed by atoms with Crippen molar-refractivity contribution in [2.45, 2.75) is 6.92 Å². The zero-order valence-electron chi connectivity index (χ0n) is 6.31. The van der Waals surface area contributed by atoms with Crippen LogP contribution in [0.5, 0.6) is 0 Å². The minimum atomic E-state index is -0.309. The zero-order valence-corrected chi connectivity index (χ0v) is 6.31. The molecule has 11 heavy (non-hydrogen) atoms. The van der Waals surface area contributed by atoms with Crippen molar-refractivity contribution in [1.29, 1.82) is 0 Å². The van der Waals surface area contributed by atoms with Crippen molar-refractivity contribution in [3.8, 4) is 11.8 Å². The van der Waals surface area contributed by atoms with E-state index >= 15 is 0 Å². The molecule has 0 spiro atoms. The van der Waals surface area contributed by atoms with Gasteiger partial charge >= 0.3 is 5.97 Å². The van der Waals surface area contributed by atoms with Crippen molar-refractivity contribution in [2.75, 3.05) is 6.61 Å². The first-order chi connectivity index (χ1) is 5.18. The molecule has 0 N–H and O–H groups in total. The van der Waals surface area contributed by atoms with Crippen LogP contribution in [-0.4, -0.2) is 12.6 Å². The summed E-state index contributed by atoms with van der Waals surface area (Å²) in [7, 11) is 0. The van der Waals surface area contributed by atoms with Gasteiger partial charge in [-0.05, 0) is 12.5 Å². The number of hydrogen-bond donors (Lipinski definition) is 0. The molecule has 0 aromatic carbocycles. The van der Waals surface area contributed by atoms with Crippen molar-refractivity contribution in [3.63, 3.8) is 0 Å². The van der Waals surface area contributed by atoms with Gasteiger partial charge < -0.3 is 4.74 Å². The lowest BCUT2D eigenvalue weighted by atomic mass is 10.2. The minimum Gasteiger partial charge on any atom is -0.457 e. The van der Waals surface area contributed by atoms with Crippen LogP contribution in [0.25, 0.3) is 0 Å². The van der Waals surface area contributed by atoms with Gasteiger partial charge in [-0.3, -0.25) is 0 Å². The van der Waals surface area contributed by atoms with E-state index in [1.807, 2.05) is 6.92 Å². The highest BCUT2D eigenvalue weighted by Crippen LogP contribution is 2.03. The Morgan fingerprint density at radius 3 is 3.00 bits per heavy atom. The molecular formula is C9H8O2. The van der Waals surface area contributed by atoms with Gasteiger partial charge in [-0.25, -0.2) is 4.79 Å². The molecule has 0 saturated heterocycles. The third-order valence-corrected chi connectivity index (χ3v) is 1.10. The van der Waals surface area contributed by atoms with Crippen LogP contribution in [0.1, 0.15) is 6.92 Å². The van der Waals surface area contributed by atoms with Gasteiger partial charge in [0.2, 0.25) is 0 Å². The van der Waals surface area contributed by atoms with Crippen LogP contribution in [0, 0.1) is 11.8 Å². The number of ether oxygens (including phenoxy) is 1. The summed E-state index contributed by atoms with van der Waals surface area (Å²) in [5, 5.41) is 0. The van der Waals surface area contributed by atoms with E-state index in [1.54, 1.807) is 0 Å². The van der Waals surface area contributed by atoms with Gasteiger partial charge in [-0.15, -0.1) is 0 Å². The van der Waals surface area contributed by atoms with Gasteiger partial charge in [0, 0.05) is 11.6 Å². The highest BCUT2D eigenvalue weighted by atomic mass is 16.5. The zero-order chi connectivity index (χ0) is 8.27. The Bertz CT molecular complexity index is 286. The Kier molecular flexibility index (Phi) is 2.12. The summed E-state index contributed by atoms with van der Waals surface area (Å²) in [4.78, 5) is 10.5. The second-order valence-corrected chi connectivity index (χ2v) is 2.31. The Morgan fingerprint density at radius 2 is 2.55 bits per heavy atom. The van der Waals surface area contributed by atoms with E-state index in [9.17, 15) is 4.79 Å². The van der Waals surface area contributed by atoms with Crippen LogP contribution in [0.2, 0.25) is 0 Å². The highest BCUT2D eigenvalue weighted by molar-refractivity contribution is 5.86. The van der Waals surface area contributed by atoms with Crippen LogP contribution in [0.3, 0.4) is 0 Å². The van der Waals surface area contributed by atoms with E-state index in [-0.39, 0.29) is 5.97 Å². The van der Waals surface area contributed by atoms with Crippen LogP contribution in [0.4, 0.5) is 0 Å². The van der Waals surface area contributed by atoms with Gasteiger partial charge in [-0.1, -0.05) is 18.4 Å². The fourth-order valence-corrected chi connectivity index (χ4v) is 0.634. The van der Waals surface area contributed by atoms with Crippen molar-refractivity contribution >= 4 is 5.97 Å². The highest BCUT2D eigenvalue weighted by Gasteiger charge is 2.09. The lowest BCUT2D eigenvalue weighted by Gasteiger charge is -1.86. The number of cyclic esters (lactones) is 1. The Hall–Kier alpha value is -1.49. The molecule has 0 saturated carbocycles. The van der Waals surface area contributed by atoms with Gasteiger partial charge in [0.25, 0.3) is 0 Å². The predicted molar refractivity (Wildman–Crippen MR) is 41.6 cm³/mol. The number of hydrogen-bond acceptors (Lipinski definition) is 2. The van der Waals surface area contributed by atoms with Gasteiger partial charge in [0.1, 0.15) is 6.61 Å². The lowest BCUT2D eigenvalue weighted by Crippen LogP contribution is -1.90. The second-order valence-electron chi connectivity index (χ2n) is 2.31. The average Bonchev–Trinajstić information content (AvgIpc) is 2.31. The van der Waals surface area contributed by atoms with E-state index in [4.69, 9.17) is 0 Å². The molecule has 1 heterocycles. The van der Waals surface area contributed by atoms with Crippen LogP contribution >= 0.6 is 0 Å². The van der Waals surface area contributed by atoms with E-state index in [2.05, 4.69) is 23.2 Å². The summed E-state index contributed by atoms with van der Waals surface area (Å²) in [6.45, 7) is 5.72. The van der Waals surface area contributed by atoms with Crippen LogP contribution in [-0.2, 0) is 9.53 Å². The molecule has 0 aromatic heterocycles. The van der Waals surface area contributed by atoms with Crippen LogP contribution < -0.4 is 0 Å². The van der Waals surface area contributed by atoms with Gasteiger partial charge in [-0.2, -0.15) is 0 Å². The molecule has 0 aliphatic carbocycles. The summed E-state index contributed by atoms with van der Waals surface area (Å²) in [5.74, 6) is 5.23. The van der Waals surface area contributed by atoms with Crippen LogP contribution in [0.15, 0.2) is 23.8 Å². The van der Waals surface area contributed by atoms with E-state index < -0.39 is 0 Å². The molecule has 0 atom stereocenters. The Morgan fingerprint density at radius 1 is 1.82 bits per heavy atom. The largest absolute Gasteiger partial charge is 0.457 e. The maximum absolute atomic E-state index is 10.5. The van der Waals surface area contributed by atoms with Gasteiger partial charge in [0.05, 0.1) is 0 Å². The third kappa shape index (κ3) is 2.30.